The summed E-state index contributed by atoms with van der Waals surface area (Å²) in [6.45, 7) is 2.64. The maximum Gasteiger partial charge on any atom is 0.193 e. The average Bonchev–Trinajstić information content (AvgIpc) is 2.92. The van der Waals surface area contributed by atoms with E-state index in [1.54, 1.807) is 0 Å². The predicted molar refractivity (Wildman–Crippen MR) is 107 cm³/mol. The number of anilines is 1. The first-order valence-corrected chi connectivity index (χ1v) is 7.28. The molecule has 0 amide bonds. The summed E-state index contributed by atoms with van der Waals surface area (Å²) < 4.78 is 0. The Balaban J connectivity index is 0.00000192. The van der Waals surface area contributed by atoms with Gasteiger partial charge in [0.05, 0.1) is 11.0 Å². The van der Waals surface area contributed by atoms with Crippen LogP contribution in [-0.2, 0) is 6.42 Å². The van der Waals surface area contributed by atoms with Crippen LogP contribution in [0.5, 0.6) is 0 Å². The molecule has 1 heterocycles. The largest absolute Gasteiger partial charge is 0.370 e. The van der Waals surface area contributed by atoms with Crippen molar-refractivity contribution in [3.63, 3.8) is 0 Å². The van der Waals surface area contributed by atoms with Crippen molar-refractivity contribution in [1.82, 2.24) is 9.97 Å². The highest BCUT2D eigenvalue weighted by molar-refractivity contribution is 14.0. The number of H-pyrrole nitrogens is 1. The number of hydrogen-bond donors (Lipinski definition) is 3. The second-order valence-electron chi connectivity index (χ2n) is 5.21. The van der Waals surface area contributed by atoms with Gasteiger partial charge in [0.15, 0.2) is 5.96 Å². The molecule has 3 rings (SSSR count). The van der Waals surface area contributed by atoms with Crippen LogP contribution in [0.1, 0.15) is 11.4 Å². The highest BCUT2D eigenvalue weighted by Gasteiger charge is 2.01. The highest BCUT2D eigenvalue weighted by Crippen LogP contribution is 2.11. The Morgan fingerprint density at radius 1 is 1.17 bits per heavy atom. The summed E-state index contributed by atoms with van der Waals surface area (Å²) in [5, 5.41) is 3.08. The number of aromatic amines is 1. The molecule has 0 saturated heterocycles. The van der Waals surface area contributed by atoms with Gasteiger partial charge in [-0.15, -0.1) is 24.0 Å². The van der Waals surface area contributed by atoms with Gasteiger partial charge >= 0.3 is 0 Å². The molecule has 0 fully saturated rings. The van der Waals surface area contributed by atoms with E-state index in [4.69, 9.17) is 5.73 Å². The van der Waals surface area contributed by atoms with E-state index in [2.05, 4.69) is 27.2 Å². The molecule has 120 valence electrons. The van der Waals surface area contributed by atoms with Gasteiger partial charge in [-0.3, -0.25) is 4.99 Å². The molecule has 3 aromatic rings. The molecule has 0 atom stereocenters. The van der Waals surface area contributed by atoms with Crippen LogP contribution < -0.4 is 11.1 Å². The first kappa shape index (κ1) is 17.3. The molecule has 0 unspecified atom stereocenters. The SMILES string of the molecule is Cc1ccc(NC(N)=NCCc2nc3ccccc3[nH]2)cc1.I. The summed E-state index contributed by atoms with van der Waals surface area (Å²) in [7, 11) is 0. The number of benzene rings is 2. The quantitative estimate of drug-likeness (QED) is 0.343. The van der Waals surface area contributed by atoms with Gasteiger partial charge in [-0.2, -0.15) is 0 Å². The highest BCUT2D eigenvalue weighted by atomic mass is 127. The molecule has 5 nitrogen and oxygen atoms in total. The number of nitrogens with one attached hydrogen (secondary N) is 2. The topological polar surface area (TPSA) is 79.1 Å². The maximum absolute atomic E-state index is 5.89. The van der Waals surface area contributed by atoms with Crippen molar-refractivity contribution < 1.29 is 0 Å². The van der Waals surface area contributed by atoms with Crippen LogP contribution >= 0.6 is 24.0 Å². The smallest absolute Gasteiger partial charge is 0.193 e. The molecule has 0 aliphatic carbocycles. The zero-order valence-corrected chi connectivity index (χ0v) is 15.2. The molecule has 6 heteroatoms. The molecule has 0 radical (unpaired) electrons. The van der Waals surface area contributed by atoms with Crippen molar-refractivity contribution in [2.24, 2.45) is 10.7 Å². The van der Waals surface area contributed by atoms with E-state index in [1.165, 1.54) is 5.56 Å². The van der Waals surface area contributed by atoms with E-state index in [-0.39, 0.29) is 24.0 Å². The second kappa shape index (κ2) is 7.96. The maximum atomic E-state index is 5.89. The van der Waals surface area contributed by atoms with Crippen molar-refractivity contribution in [3.05, 3.63) is 59.9 Å². The lowest BCUT2D eigenvalue weighted by atomic mass is 10.2. The molecular formula is C17H20IN5. The minimum atomic E-state index is 0. The number of imidazole rings is 1. The summed E-state index contributed by atoms with van der Waals surface area (Å²) in [4.78, 5) is 12.1. The predicted octanol–water partition coefficient (Wildman–Crippen LogP) is 3.46. The zero-order chi connectivity index (χ0) is 15.4. The number of guanidine groups is 1. The van der Waals surface area contributed by atoms with Crippen molar-refractivity contribution in [1.29, 1.82) is 0 Å². The van der Waals surface area contributed by atoms with Crippen LogP contribution in [0.4, 0.5) is 5.69 Å². The van der Waals surface area contributed by atoms with Crippen LogP contribution in [0.2, 0.25) is 0 Å². The number of nitrogens with two attached hydrogens (primary N) is 1. The Morgan fingerprint density at radius 2 is 1.91 bits per heavy atom. The standard InChI is InChI=1S/C17H19N5.HI/c1-12-6-8-13(9-7-12)20-17(18)19-11-10-16-21-14-4-2-3-5-15(14)22-16;/h2-9H,10-11H2,1H3,(H,21,22)(H3,18,19,20);1H. The third-order valence-electron chi connectivity index (χ3n) is 3.39. The number of para-hydroxylation sites is 2. The summed E-state index contributed by atoms with van der Waals surface area (Å²) in [6, 6.07) is 16.0. The van der Waals surface area contributed by atoms with E-state index in [0.29, 0.717) is 12.5 Å². The van der Waals surface area contributed by atoms with Crippen molar-refractivity contribution >= 4 is 46.7 Å². The number of nitrogens with zero attached hydrogens (tertiary/aromatic N) is 2. The minimum absolute atomic E-state index is 0. The number of aliphatic imine (C=N–C) groups is 1. The fourth-order valence-corrected chi connectivity index (χ4v) is 2.23. The number of aromatic nitrogens is 2. The number of rotatable bonds is 4. The Kier molecular flexibility index (Phi) is 5.97. The van der Waals surface area contributed by atoms with E-state index in [0.717, 1.165) is 29.0 Å². The van der Waals surface area contributed by atoms with Crippen LogP contribution in [0, 0.1) is 6.92 Å². The first-order chi connectivity index (χ1) is 10.7. The number of fused-ring (bicyclic) bond motifs is 1. The Hall–Kier alpha value is -2.09. The molecule has 23 heavy (non-hydrogen) atoms. The van der Waals surface area contributed by atoms with Crippen molar-refractivity contribution in [3.8, 4) is 0 Å². The average molecular weight is 421 g/mol. The van der Waals surface area contributed by atoms with E-state index in [9.17, 15) is 0 Å². The van der Waals surface area contributed by atoms with Crippen molar-refractivity contribution in [2.75, 3.05) is 11.9 Å². The van der Waals surface area contributed by atoms with Crippen LogP contribution in [0.25, 0.3) is 11.0 Å². The summed E-state index contributed by atoms with van der Waals surface area (Å²) in [5.74, 6) is 1.34. The third-order valence-corrected chi connectivity index (χ3v) is 3.39. The summed E-state index contributed by atoms with van der Waals surface area (Å²) in [5.41, 5.74) is 10.1. The number of aryl methyl sites for hydroxylation is 1. The van der Waals surface area contributed by atoms with Gasteiger partial charge < -0.3 is 16.0 Å². The van der Waals surface area contributed by atoms with Gasteiger partial charge in [-0.1, -0.05) is 29.8 Å². The van der Waals surface area contributed by atoms with Crippen molar-refractivity contribution in [2.45, 2.75) is 13.3 Å². The molecule has 4 N–H and O–H groups in total. The number of hydrogen-bond acceptors (Lipinski definition) is 2. The molecular weight excluding hydrogens is 401 g/mol. The lowest BCUT2D eigenvalue weighted by molar-refractivity contribution is 0.898. The zero-order valence-electron chi connectivity index (χ0n) is 12.9. The summed E-state index contributed by atoms with van der Waals surface area (Å²) >= 11 is 0. The molecule has 0 aliphatic rings. The minimum Gasteiger partial charge on any atom is -0.370 e. The van der Waals surface area contributed by atoms with E-state index in [1.807, 2.05) is 48.5 Å². The molecule has 0 saturated carbocycles. The number of halogens is 1. The Morgan fingerprint density at radius 3 is 2.65 bits per heavy atom. The third kappa shape index (κ3) is 4.69. The Labute approximate surface area is 152 Å². The van der Waals surface area contributed by atoms with Crippen LogP contribution in [0.3, 0.4) is 0 Å². The lowest BCUT2D eigenvalue weighted by Crippen LogP contribution is -2.23. The van der Waals surface area contributed by atoms with E-state index >= 15 is 0 Å². The lowest BCUT2D eigenvalue weighted by Gasteiger charge is -2.05. The normalized spacial score (nSPS) is 11.3. The van der Waals surface area contributed by atoms with Gasteiger partial charge in [-0.25, -0.2) is 4.98 Å². The van der Waals surface area contributed by atoms with Crippen LogP contribution in [-0.4, -0.2) is 22.5 Å². The van der Waals surface area contributed by atoms with Crippen LogP contribution in [0.15, 0.2) is 53.5 Å². The van der Waals surface area contributed by atoms with Gasteiger partial charge in [0.1, 0.15) is 5.82 Å². The molecule has 0 bridgehead atoms. The van der Waals surface area contributed by atoms with Gasteiger partial charge in [0, 0.05) is 18.7 Å². The van der Waals surface area contributed by atoms with E-state index < -0.39 is 0 Å². The Bertz CT molecular complexity index is 759. The van der Waals surface area contributed by atoms with Gasteiger partial charge in [-0.05, 0) is 31.2 Å². The summed E-state index contributed by atoms with van der Waals surface area (Å²) in [6.07, 6.45) is 0.727. The monoisotopic (exact) mass is 421 g/mol. The second-order valence-corrected chi connectivity index (χ2v) is 5.21. The first-order valence-electron chi connectivity index (χ1n) is 7.28. The molecule has 2 aromatic carbocycles. The molecule has 0 aliphatic heterocycles. The van der Waals surface area contributed by atoms with Gasteiger partial charge in [0.2, 0.25) is 0 Å². The fourth-order valence-electron chi connectivity index (χ4n) is 2.23. The molecule has 1 aromatic heterocycles. The van der Waals surface area contributed by atoms with Gasteiger partial charge in [0.25, 0.3) is 0 Å². The fraction of sp³-hybridized carbons (Fsp3) is 0.176. The molecule has 0 spiro atoms.